The maximum atomic E-state index is 13.6. The molecule has 0 radical (unpaired) electrons. The molecule has 0 aliphatic rings. The fraction of sp³-hybridized carbons (Fsp3) is 0.250. The normalized spacial score (nSPS) is 11.1. The van der Waals surface area contributed by atoms with Gasteiger partial charge in [0.1, 0.15) is 11.6 Å². The van der Waals surface area contributed by atoms with E-state index in [1.807, 2.05) is 12.1 Å². The van der Waals surface area contributed by atoms with Gasteiger partial charge in [0.15, 0.2) is 0 Å². The number of benzene rings is 2. The van der Waals surface area contributed by atoms with Crippen LogP contribution in [0.25, 0.3) is 6.08 Å². The van der Waals surface area contributed by atoms with Gasteiger partial charge in [-0.1, -0.05) is 62.3 Å². The summed E-state index contributed by atoms with van der Waals surface area (Å²) < 4.78 is 26.4. The maximum absolute atomic E-state index is 13.6. The van der Waals surface area contributed by atoms with Crippen LogP contribution in [0.1, 0.15) is 42.9 Å². The zero-order valence-electron chi connectivity index (χ0n) is 13.2. The Morgan fingerprint density at radius 2 is 1.78 bits per heavy atom. The highest BCUT2D eigenvalue weighted by Crippen LogP contribution is 2.14. The lowest BCUT2D eigenvalue weighted by Crippen LogP contribution is -1.94. The van der Waals surface area contributed by atoms with Gasteiger partial charge in [-0.3, -0.25) is 0 Å². The van der Waals surface area contributed by atoms with Crippen molar-refractivity contribution < 1.29 is 8.78 Å². The number of halogens is 2. The van der Waals surface area contributed by atoms with Crippen molar-refractivity contribution in [2.24, 2.45) is 0 Å². The monoisotopic (exact) mass is 330 g/mol. The summed E-state index contributed by atoms with van der Waals surface area (Å²) in [6, 6.07) is 11.7. The van der Waals surface area contributed by atoms with Gasteiger partial charge in [-0.25, -0.2) is 8.78 Å². The number of hydrogen-bond acceptors (Lipinski definition) is 1. The molecular weight excluding hydrogens is 310 g/mol. The highest BCUT2D eigenvalue weighted by atomic mass is 32.1. The van der Waals surface area contributed by atoms with Crippen LogP contribution < -0.4 is 0 Å². The number of unbranched alkanes of at least 4 members (excludes halogenated alkanes) is 2. The van der Waals surface area contributed by atoms with Crippen molar-refractivity contribution in [3.63, 3.8) is 0 Å². The highest BCUT2D eigenvalue weighted by Gasteiger charge is 2.02. The second kappa shape index (κ2) is 8.68. The van der Waals surface area contributed by atoms with Crippen molar-refractivity contribution in [2.45, 2.75) is 32.6 Å². The molecule has 0 N–H and O–H groups in total. The lowest BCUT2D eigenvalue weighted by Gasteiger charge is -2.03. The van der Waals surface area contributed by atoms with Crippen LogP contribution in [0.15, 0.2) is 48.5 Å². The first-order chi connectivity index (χ1) is 11.1. The lowest BCUT2D eigenvalue weighted by atomic mass is 10.0. The summed E-state index contributed by atoms with van der Waals surface area (Å²) in [5, 5.41) is 0. The third-order valence-electron chi connectivity index (χ3n) is 3.68. The Kier molecular flexibility index (Phi) is 6.60. The second-order valence-corrected chi connectivity index (χ2v) is 5.96. The third kappa shape index (κ3) is 5.36. The van der Waals surface area contributed by atoms with Crippen molar-refractivity contribution in [3.05, 3.63) is 76.9 Å². The fourth-order valence-corrected chi connectivity index (χ4v) is 2.52. The quantitative estimate of drug-likeness (QED) is 0.255. The average Bonchev–Trinajstić information content (AvgIpc) is 2.55. The molecule has 0 atom stereocenters. The molecule has 0 nitrogen and oxygen atoms in total. The second-order valence-electron chi connectivity index (χ2n) is 5.52. The molecule has 0 fully saturated rings. The average molecular weight is 330 g/mol. The van der Waals surface area contributed by atoms with Crippen LogP contribution in [-0.2, 0) is 6.42 Å². The molecule has 23 heavy (non-hydrogen) atoms. The molecule has 0 aliphatic carbocycles. The Morgan fingerprint density at radius 3 is 2.43 bits per heavy atom. The van der Waals surface area contributed by atoms with Gasteiger partial charge in [0.25, 0.3) is 0 Å². The van der Waals surface area contributed by atoms with Gasteiger partial charge in [0.05, 0.1) is 0 Å². The van der Waals surface area contributed by atoms with Crippen molar-refractivity contribution in [2.75, 3.05) is 0 Å². The van der Waals surface area contributed by atoms with Crippen LogP contribution in [0.3, 0.4) is 0 Å². The van der Waals surface area contributed by atoms with E-state index in [9.17, 15) is 8.78 Å². The molecule has 0 heterocycles. The van der Waals surface area contributed by atoms with E-state index in [-0.39, 0.29) is 0 Å². The standard InChI is InChI=1S/C20H20F2S/c1-2-3-4-5-15-6-8-17(9-7-15)20(23)13-11-16-10-12-18(21)14-19(16)22/h6-14H,2-5H2,1H3. The number of hydrogen-bond donors (Lipinski definition) is 0. The molecule has 120 valence electrons. The summed E-state index contributed by atoms with van der Waals surface area (Å²) in [6.45, 7) is 2.19. The first kappa shape index (κ1) is 17.5. The van der Waals surface area contributed by atoms with E-state index < -0.39 is 11.6 Å². The summed E-state index contributed by atoms with van der Waals surface area (Å²) in [5.41, 5.74) is 2.56. The van der Waals surface area contributed by atoms with Gasteiger partial charge in [0, 0.05) is 16.5 Å². The zero-order valence-corrected chi connectivity index (χ0v) is 14.0. The van der Waals surface area contributed by atoms with Crippen molar-refractivity contribution in [1.29, 1.82) is 0 Å². The minimum Gasteiger partial charge on any atom is -0.207 e. The van der Waals surface area contributed by atoms with Crippen molar-refractivity contribution in [3.8, 4) is 0 Å². The molecule has 0 unspecified atom stereocenters. The summed E-state index contributed by atoms with van der Waals surface area (Å²) in [5.74, 6) is -1.17. The molecule has 0 saturated heterocycles. The first-order valence-corrected chi connectivity index (χ1v) is 8.27. The smallest absolute Gasteiger partial charge is 0.133 e. The van der Waals surface area contributed by atoms with E-state index >= 15 is 0 Å². The van der Waals surface area contributed by atoms with Crippen LogP contribution in [0.5, 0.6) is 0 Å². The Balaban J connectivity index is 2.01. The Hall–Kier alpha value is -1.87. The predicted octanol–water partition coefficient (Wildman–Crippen LogP) is 6.13. The summed E-state index contributed by atoms with van der Waals surface area (Å²) in [6.07, 6.45) is 7.99. The Morgan fingerprint density at radius 1 is 1.04 bits per heavy atom. The van der Waals surface area contributed by atoms with Crippen molar-refractivity contribution >= 4 is 23.2 Å². The van der Waals surface area contributed by atoms with Gasteiger partial charge in [-0.15, -0.1) is 0 Å². The van der Waals surface area contributed by atoms with Gasteiger partial charge in [0.2, 0.25) is 0 Å². The topological polar surface area (TPSA) is 0 Å². The number of thiocarbonyl (C=S) groups is 1. The maximum Gasteiger partial charge on any atom is 0.133 e. The predicted molar refractivity (Wildman–Crippen MR) is 96.8 cm³/mol. The molecule has 2 aromatic carbocycles. The van der Waals surface area contributed by atoms with Gasteiger partial charge >= 0.3 is 0 Å². The molecule has 0 aliphatic heterocycles. The molecule has 0 spiro atoms. The molecule has 2 rings (SSSR count). The van der Waals surface area contributed by atoms with E-state index in [1.54, 1.807) is 12.2 Å². The highest BCUT2D eigenvalue weighted by molar-refractivity contribution is 7.81. The minimum atomic E-state index is -0.588. The summed E-state index contributed by atoms with van der Waals surface area (Å²) in [7, 11) is 0. The first-order valence-electron chi connectivity index (χ1n) is 7.86. The number of rotatable bonds is 7. The van der Waals surface area contributed by atoms with Crippen LogP contribution in [-0.4, -0.2) is 4.86 Å². The van der Waals surface area contributed by atoms with E-state index in [0.29, 0.717) is 10.4 Å². The van der Waals surface area contributed by atoms with Crippen LogP contribution in [0.2, 0.25) is 0 Å². The SMILES string of the molecule is CCCCCc1ccc(C(=S)C=Cc2ccc(F)cc2F)cc1. The van der Waals surface area contributed by atoms with E-state index in [4.69, 9.17) is 12.2 Å². The molecule has 0 amide bonds. The molecular formula is C20H20F2S. The molecule has 2 aromatic rings. The number of aryl methyl sites for hydroxylation is 1. The fourth-order valence-electron chi connectivity index (χ4n) is 2.31. The minimum absolute atomic E-state index is 0.324. The van der Waals surface area contributed by atoms with Gasteiger partial charge in [-0.05, 0) is 42.2 Å². The summed E-state index contributed by atoms with van der Waals surface area (Å²) >= 11 is 5.35. The largest absolute Gasteiger partial charge is 0.207 e. The molecule has 0 aromatic heterocycles. The van der Waals surface area contributed by atoms with E-state index in [1.165, 1.54) is 37.0 Å². The summed E-state index contributed by atoms with van der Waals surface area (Å²) in [4.78, 5) is 0.633. The zero-order chi connectivity index (χ0) is 16.7. The molecule has 0 bridgehead atoms. The lowest BCUT2D eigenvalue weighted by molar-refractivity contribution is 0.581. The van der Waals surface area contributed by atoms with E-state index in [2.05, 4.69) is 19.1 Å². The van der Waals surface area contributed by atoms with Crippen LogP contribution >= 0.6 is 12.2 Å². The van der Waals surface area contributed by atoms with E-state index in [0.717, 1.165) is 18.1 Å². The van der Waals surface area contributed by atoms with Crippen LogP contribution in [0.4, 0.5) is 8.78 Å². The Labute approximate surface area is 141 Å². The molecule has 3 heteroatoms. The van der Waals surface area contributed by atoms with Gasteiger partial charge < -0.3 is 0 Å². The van der Waals surface area contributed by atoms with Crippen LogP contribution in [0, 0.1) is 11.6 Å². The third-order valence-corrected chi connectivity index (χ3v) is 4.06. The molecule has 0 saturated carbocycles. The number of allylic oxidation sites excluding steroid dienone is 1. The Bertz CT molecular complexity index is 687. The van der Waals surface area contributed by atoms with Crippen molar-refractivity contribution in [1.82, 2.24) is 0 Å². The van der Waals surface area contributed by atoms with Gasteiger partial charge in [-0.2, -0.15) is 0 Å².